The van der Waals surface area contributed by atoms with Crippen LogP contribution in [0.25, 0.3) is 0 Å². The number of nitrogens with zero attached hydrogens (tertiary/aromatic N) is 1. The van der Waals surface area contributed by atoms with E-state index in [1.807, 2.05) is 30.3 Å². The number of hydrogen-bond acceptors (Lipinski definition) is 3. The van der Waals surface area contributed by atoms with Crippen LogP contribution in [0.15, 0.2) is 48.5 Å². The highest BCUT2D eigenvalue weighted by Gasteiger charge is 2.24. The Hall–Kier alpha value is -2.60. The summed E-state index contributed by atoms with van der Waals surface area (Å²) in [6, 6.07) is 11.1. The second-order valence-electron chi connectivity index (χ2n) is 5.46. The zero-order chi connectivity index (χ0) is 17.7. The van der Waals surface area contributed by atoms with Crippen LogP contribution in [-0.2, 0) is 11.3 Å². The number of carbonyl (C=O) groups is 2. The Morgan fingerprint density at radius 1 is 1.08 bits per heavy atom. The average molecular weight is 333 g/mol. The van der Waals surface area contributed by atoms with Gasteiger partial charge in [-0.1, -0.05) is 30.3 Å². The molecule has 0 bridgehead atoms. The largest absolute Gasteiger partial charge is 0.480 e. The molecule has 0 saturated carbocycles. The van der Waals surface area contributed by atoms with Gasteiger partial charge in [0.2, 0.25) is 0 Å². The van der Waals surface area contributed by atoms with Crippen LogP contribution in [-0.4, -0.2) is 34.3 Å². The molecule has 0 aromatic heterocycles. The monoisotopic (exact) mass is 333 g/mol. The van der Waals surface area contributed by atoms with Crippen molar-refractivity contribution in [3.63, 3.8) is 0 Å². The summed E-state index contributed by atoms with van der Waals surface area (Å²) < 4.78 is 26.2. The molecule has 6 heteroatoms. The molecule has 0 spiro atoms. The van der Waals surface area contributed by atoms with Crippen LogP contribution in [0.3, 0.4) is 0 Å². The first-order valence-corrected chi connectivity index (χ1v) is 7.37. The molecule has 0 aliphatic rings. The van der Waals surface area contributed by atoms with Crippen LogP contribution in [0.4, 0.5) is 8.78 Å². The third-order valence-electron chi connectivity index (χ3n) is 3.72. The predicted octanol–water partition coefficient (Wildman–Crippen LogP) is 3.12. The van der Waals surface area contributed by atoms with Gasteiger partial charge in [0.15, 0.2) is 17.4 Å². The molecule has 0 aliphatic heterocycles. The van der Waals surface area contributed by atoms with E-state index in [0.29, 0.717) is 0 Å². The Morgan fingerprint density at radius 2 is 1.75 bits per heavy atom. The first-order chi connectivity index (χ1) is 11.4. The molecule has 0 radical (unpaired) electrons. The quantitative estimate of drug-likeness (QED) is 0.791. The van der Waals surface area contributed by atoms with Crippen molar-refractivity contribution < 1.29 is 23.5 Å². The van der Waals surface area contributed by atoms with Crippen LogP contribution in [0.5, 0.6) is 0 Å². The topological polar surface area (TPSA) is 57.6 Å². The fourth-order valence-corrected chi connectivity index (χ4v) is 2.25. The maximum absolute atomic E-state index is 13.3. The number of hydrogen-bond donors (Lipinski definition) is 1. The van der Waals surface area contributed by atoms with Gasteiger partial charge in [0.05, 0.1) is 6.54 Å². The third kappa shape index (κ3) is 4.45. The Balaban J connectivity index is 2.19. The summed E-state index contributed by atoms with van der Waals surface area (Å²) in [7, 11) is 0. The van der Waals surface area contributed by atoms with Gasteiger partial charge in [-0.2, -0.15) is 0 Å². The van der Waals surface area contributed by atoms with E-state index in [9.17, 15) is 23.5 Å². The van der Waals surface area contributed by atoms with Crippen molar-refractivity contribution in [2.24, 2.45) is 0 Å². The molecule has 1 unspecified atom stereocenters. The summed E-state index contributed by atoms with van der Waals surface area (Å²) >= 11 is 0. The fraction of sp³-hybridized carbons (Fsp3) is 0.222. The summed E-state index contributed by atoms with van der Waals surface area (Å²) in [4.78, 5) is 25.1. The van der Waals surface area contributed by atoms with Crippen molar-refractivity contribution in [3.8, 4) is 0 Å². The van der Waals surface area contributed by atoms with Crippen LogP contribution in [0.2, 0.25) is 0 Å². The molecule has 0 heterocycles. The smallest absolute Gasteiger partial charge is 0.320 e. The van der Waals surface area contributed by atoms with Crippen molar-refractivity contribution >= 4 is 11.8 Å². The van der Waals surface area contributed by atoms with E-state index < -0.39 is 29.4 Å². The molecule has 4 nitrogen and oxygen atoms in total. The van der Waals surface area contributed by atoms with Crippen LogP contribution < -0.4 is 0 Å². The van der Waals surface area contributed by atoms with Crippen LogP contribution >= 0.6 is 0 Å². The lowest BCUT2D eigenvalue weighted by Crippen LogP contribution is -2.41. The van der Waals surface area contributed by atoms with Gasteiger partial charge in [0.1, 0.15) is 6.04 Å². The molecule has 0 saturated heterocycles. The van der Waals surface area contributed by atoms with Crippen molar-refractivity contribution in [3.05, 3.63) is 71.3 Å². The summed E-state index contributed by atoms with van der Waals surface area (Å²) in [5.74, 6) is -3.68. The van der Waals surface area contributed by atoms with E-state index >= 15 is 0 Å². The fourth-order valence-electron chi connectivity index (χ4n) is 2.25. The minimum absolute atomic E-state index is 0.00421. The van der Waals surface area contributed by atoms with Gasteiger partial charge in [-0.3, -0.25) is 14.5 Å². The van der Waals surface area contributed by atoms with E-state index in [1.54, 1.807) is 0 Å². The number of Topliss-reactive ketones (excluding diaryl/α,β-unsaturated/α-hetero) is 1. The zero-order valence-corrected chi connectivity index (χ0v) is 13.1. The standard InChI is InChI=1S/C18H17F2NO3/c1-12(18(23)24)21(10-13-5-3-2-4-6-13)11-17(22)14-7-8-15(19)16(20)9-14/h2-9,12H,10-11H2,1H3,(H,23,24). The van der Waals surface area contributed by atoms with Crippen molar-refractivity contribution in [2.45, 2.75) is 19.5 Å². The molecule has 2 rings (SSSR count). The minimum Gasteiger partial charge on any atom is -0.480 e. The Kier molecular flexibility index (Phi) is 5.76. The molecule has 1 atom stereocenters. The minimum atomic E-state index is -1.11. The normalized spacial score (nSPS) is 12.2. The Labute approximate surface area is 138 Å². The summed E-state index contributed by atoms with van der Waals surface area (Å²) in [6.07, 6.45) is 0. The van der Waals surface area contributed by atoms with E-state index in [0.717, 1.165) is 17.7 Å². The number of aliphatic carboxylic acids is 1. The molecule has 0 aliphatic carbocycles. The second-order valence-corrected chi connectivity index (χ2v) is 5.46. The van der Waals surface area contributed by atoms with Gasteiger partial charge in [0, 0.05) is 12.1 Å². The first-order valence-electron chi connectivity index (χ1n) is 7.37. The number of rotatable bonds is 7. The SMILES string of the molecule is CC(C(=O)O)N(CC(=O)c1ccc(F)c(F)c1)Cc1ccccc1. The van der Waals surface area contributed by atoms with E-state index in [2.05, 4.69) is 0 Å². The van der Waals surface area contributed by atoms with Crippen molar-refractivity contribution in [2.75, 3.05) is 6.54 Å². The zero-order valence-electron chi connectivity index (χ0n) is 13.1. The predicted molar refractivity (Wildman–Crippen MR) is 84.6 cm³/mol. The average Bonchev–Trinajstić information content (AvgIpc) is 2.56. The molecule has 0 fully saturated rings. The summed E-state index contributed by atoms with van der Waals surface area (Å²) in [5, 5.41) is 9.23. The molecule has 2 aromatic rings. The summed E-state index contributed by atoms with van der Waals surface area (Å²) in [5.41, 5.74) is 0.855. The van der Waals surface area contributed by atoms with Gasteiger partial charge < -0.3 is 5.11 Å². The van der Waals surface area contributed by atoms with Gasteiger partial charge in [-0.25, -0.2) is 8.78 Å². The second kappa shape index (κ2) is 7.79. The maximum atomic E-state index is 13.3. The van der Waals surface area contributed by atoms with Crippen LogP contribution in [0, 0.1) is 11.6 Å². The molecule has 0 amide bonds. The van der Waals surface area contributed by atoms with E-state index in [-0.39, 0.29) is 18.7 Å². The summed E-state index contributed by atoms with van der Waals surface area (Å²) in [6.45, 7) is 1.51. The van der Waals surface area contributed by atoms with Gasteiger partial charge in [-0.15, -0.1) is 0 Å². The van der Waals surface area contributed by atoms with E-state index in [1.165, 1.54) is 17.9 Å². The number of carboxylic acids is 1. The lowest BCUT2D eigenvalue weighted by molar-refractivity contribution is -0.142. The Morgan fingerprint density at radius 3 is 2.33 bits per heavy atom. The molecule has 24 heavy (non-hydrogen) atoms. The molecule has 2 aromatic carbocycles. The molecule has 126 valence electrons. The Bertz CT molecular complexity index is 734. The maximum Gasteiger partial charge on any atom is 0.320 e. The third-order valence-corrected chi connectivity index (χ3v) is 3.72. The molecular formula is C18H17F2NO3. The number of carboxylic acid groups (broad SMARTS) is 1. The number of benzene rings is 2. The van der Waals surface area contributed by atoms with Crippen molar-refractivity contribution in [1.29, 1.82) is 0 Å². The number of carbonyl (C=O) groups excluding carboxylic acids is 1. The van der Waals surface area contributed by atoms with Gasteiger partial charge in [-0.05, 0) is 30.7 Å². The lowest BCUT2D eigenvalue weighted by Gasteiger charge is -2.25. The van der Waals surface area contributed by atoms with Crippen molar-refractivity contribution in [1.82, 2.24) is 4.90 Å². The van der Waals surface area contributed by atoms with E-state index in [4.69, 9.17) is 0 Å². The lowest BCUT2D eigenvalue weighted by atomic mass is 10.1. The number of halogens is 2. The van der Waals surface area contributed by atoms with Gasteiger partial charge in [0.25, 0.3) is 0 Å². The highest BCUT2D eigenvalue weighted by Crippen LogP contribution is 2.13. The molecular weight excluding hydrogens is 316 g/mol. The highest BCUT2D eigenvalue weighted by molar-refractivity contribution is 5.97. The highest BCUT2D eigenvalue weighted by atomic mass is 19.2. The first kappa shape index (κ1) is 17.7. The van der Waals surface area contributed by atoms with Crippen LogP contribution in [0.1, 0.15) is 22.8 Å². The number of ketones is 1. The van der Waals surface area contributed by atoms with Gasteiger partial charge >= 0.3 is 5.97 Å². The molecule has 1 N–H and O–H groups in total.